The molecule has 0 saturated carbocycles. The second-order valence-electron chi connectivity index (χ2n) is 6.86. The third kappa shape index (κ3) is 4.11. The summed E-state index contributed by atoms with van der Waals surface area (Å²) in [5.74, 6) is -0.630. The molecule has 0 aliphatic carbocycles. The predicted molar refractivity (Wildman–Crippen MR) is 109 cm³/mol. The molecule has 0 unspecified atom stereocenters. The van der Waals surface area contributed by atoms with Crippen LogP contribution in [0.3, 0.4) is 0 Å². The smallest absolute Gasteiger partial charge is 0.358 e. The molecule has 0 atom stereocenters. The lowest BCUT2D eigenvalue weighted by Crippen LogP contribution is -2.51. The van der Waals surface area contributed by atoms with Gasteiger partial charge in [-0.2, -0.15) is 14.1 Å². The van der Waals surface area contributed by atoms with Crippen molar-refractivity contribution in [3.8, 4) is 0 Å². The highest BCUT2D eigenvalue weighted by Gasteiger charge is 2.33. The zero-order valence-corrected chi connectivity index (χ0v) is 19.2. The molecule has 3 heterocycles. The molecule has 0 N–H and O–H groups in total. The normalized spacial score (nSPS) is 15.5. The first-order valence-electron chi connectivity index (χ1n) is 9.25. The largest absolute Gasteiger partial charge is 0.404 e. The van der Waals surface area contributed by atoms with Gasteiger partial charge in [-0.15, -0.1) is 0 Å². The average molecular weight is 504 g/mol. The lowest BCUT2D eigenvalue weighted by atomic mass is 10.3. The monoisotopic (exact) mass is 503 g/mol. The molecule has 2 aromatic heterocycles. The van der Waals surface area contributed by atoms with Gasteiger partial charge in [0.05, 0.1) is 16.5 Å². The third-order valence-electron chi connectivity index (χ3n) is 5.01. The number of halogens is 1. The molecule has 1 aliphatic heterocycles. The highest BCUT2D eigenvalue weighted by molar-refractivity contribution is 9.10. The Labute approximate surface area is 181 Å². The SMILES string of the molecule is CCn1cc(S(=O)(=O)N2CCN(C(=O)Cn3nc([N+](=O)[O-])c(Br)c3C)CC2)c(C)n1. The van der Waals surface area contributed by atoms with E-state index in [4.69, 9.17) is 0 Å². The van der Waals surface area contributed by atoms with E-state index >= 15 is 0 Å². The Morgan fingerprint density at radius 2 is 1.87 bits per heavy atom. The van der Waals surface area contributed by atoms with Gasteiger partial charge in [0, 0.05) is 38.9 Å². The molecule has 2 aromatic rings. The second-order valence-corrected chi connectivity index (χ2v) is 9.56. The van der Waals surface area contributed by atoms with E-state index in [0.29, 0.717) is 17.9 Å². The van der Waals surface area contributed by atoms with Crippen LogP contribution in [0.4, 0.5) is 5.82 Å². The summed E-state index contributed by atoms with van der Waals surface area (Å²) in [4.78, 5) is 24.7. The molecule has 1 fully saturated rings. The number of aryl methyl sites for hydroxylation is 2. The number of carbonyl (C=O) groups is 1. The number of hydrogen-bond donors (Lipinski definition) is 0. The van der Waals surface area contributed by atoms with Gasteiger partial charge >= 0.3 is 5.82 Å². The summed E-state index contributed by atoms with van der Waals surface area (Å²) in [6, 6.07) is 0. The Morgan fingerprint density at radius 3 is 2.37 bits per heavy atom. The fraction of sp³-hybridized carbons (Fsp3) is 0.562. The highest BCUT2D eigenvalue weighted by atomic mass is 79.9. The number of hydrogen-bond acceptors (Lipinski definition) is 7. The van der Waals surface area contributed by atoms with Crippen molar-refractivity contribution >= 4 is 37.7 Å². The van der Waals surface area contributed by atoms with Crippen molar-refractivity contribution in [2.75, 3.05) is 26.2 Å². The zero-order valence-electron chi connectivity index (χ0n) is 16.8. The molecule has 0 spiro atoms. The number of carbonyl (C=O) groups excluding carboxylic acids is 1. The summed E-state index contributed by atoms with van der Waals surface area (Å²) < 4.78 is 30.3. The Hall–Kier alpha value is -2.32. The Bertz CT molecular complexity index is 1090. The summed E-state index contributed by atoms with van der Waals surface area (Å²) in [6.45, 7) is 6.34. The summed E-state index contributed by atoms with van der Waals surface area (Å²) in [7, 11) is -3.70. The molecular weight excluding hydrogens is 482 g/mol. The maximum absolute atomic E-state index is 12.9. The lowest BCUT2D eigenvalue weighted by Gasteiger charge is -2.33. The van der Waals surface area contributed by atoms with E-state index < -0.39 is 14.9 Å². The van der Waals surface area contributed by atoms with Crippen molar-refractivity contribution in [2.45, 2.75) is 38.8 Å². The standard InChI is InChI=1S/C16H22BrN7O5S/c1-4-21-9-13(11(2)18-21)30(28,29)22-7-5-20(6-8-22)14(25)10-23-12(3)15(17)16(19-23)24(26)27/h9H,4-8,10H2,1-3H3. The van der Waals surface area contributed by atoms with Crippen molar-refractivity contribution in [1.82, 2.24) is 28.8 Å². The van der Waals surface area contributed by atoms with E-state index in [9.17, 15) is 23.3 Å². The van der Waals surface area contributed by atoms with Crippen LogP contribution in [0.1, 0.15) is 18.3 Å². The minimum Gasteiger partial charge on any atom is -0.358 e. The van der Waals surface area contributed by atoms with Crippen LogP contribution in [0.25, 0.3) is 0 Å². The van der Waals surface area contributed by atoms with Crippen molar-refractivity contribution in [1.29, 1.82) is 0 Å². The number of nitro groups is 1. The van der Waals surface area contributed by atoms with E-state index in [0.717, 1.165) is 0 Å². The molecule has 0 aromatic carbocycles. The van der Waals surface area contributed by atoms with Gasteiger partial charge < -0.3 is 15.0 Å². The molecule has 0 bridgehead atoms. The number of rotatable bonds is 6. The summed E-state index contributed by atoms with van der Waals surface area (Å²) >= 11 is 3.12. The average Bonchev–Trinajstić information content (AvgIpc) is 3.23. The summed E-state index contributed by atoms with van der Waals surface area (Å²) in [6.07, 6.45) is 1.52. The van der Waals surface area contributed by atoms with Gasteiger partial charge in [-0.1, -0.05) is 0 Å². The number of nitrogens with zero attached hydrogens (tertiary/aromatic N) is 7. The fourth-order valence-corrected chi connectivity index (χ4v) is 5.26. The Balaban J connectivity index is 1.67. The number of amides is 1. The number of piperazine rings is 1. The first kappa shape index (κ1) is 22.4. The zero-order chi connectivity index (χ0) is 22.2. The van der Waals surface area contributed by atoms with Gasteiger partial charge in [0.2, 0.25) is 15.9 Å². The van der Waals surface area contributed by atoms with Crippen molar-refractivity contribution < 1.29 is 18.1 Å². The first-order valence-corrected chi connectivity index (χ1v) is 11.5. The molecule has 1 saturated heterocycles. The number of aromatic nitrogens is 4. The van der Waals surface area contributed by atoms with Gasteiger partial charge in [-0.3, -0.25) is 9.48 Å². The van der Waals surface area contributed by atoms with Gasteiger partial charge in [0.25, 0.3) is 0 Å². The van der Waals surface area contributed by atoms with E-state index in [2.05, 4.69) is 26.1 Å². The van der Waals surface area contributed by atoms with Crippen molar-refractivity contribution in [2.24, 2.45) is 0 Å². The maximum atomic E-state index is 12.9. The van der Waals surface area contributed by atoms with Crippen LogP contribution in [0.15, 0.2) is 15.6 Å². The van der Waals surface area contributed by atoms with Gasteiger partial charge in [0.15, 0.2) is 0 Å². The summed E-state index contributed by atoms with van der Waals surface area (Å²) in [5, 5.41) is 19.1. The van der Waals surface area contributed by atoms with Gasteiger partial charge in [0.1, 0.15) is 15.9 Å². The quantitative estimate of drug-likeness (QED) is 0.422. The van der Waals surface area contributed by atoms with Gasteiger partial charge in [-0.25, -0.2) is 8.42 Å². The predicted octanol–water partition coefficient (Wildman–Crippen LogP) is 0.920. The minimum atomic E-state index is -3.70. The molecule has 14 heteroatoms. The number of sulfonamides is 1. The van der Waals surface area contributed by atoms with Crippen LogP contribution in [-0.2, 0) is 27.9 Å². The molecular formula is C16H22BrN7O5S. The maximum Gasteiger partial charge on any atom is 0.404 e. The van der Waals surface area contributed by atoms with Crippen LogP contribution < -0.4 is 0 Å². The fourth-order valence-electron chi connectivity index (χ4n) is 3.24. The molecule has 164 valence electrons. The highest BCUT2D eigenvalue weighted by Crippen LogP contribution is 2.27. The molecule has 0 radical (unpaired) electrons. The lowest BCUT2D eigenvalue weighted by molar-refractivity contribution is -0.390. The van der Waals surface area contributed by atoms with Crippen LogP contribution >= 0.6 is 15.9 Å². The van der Waals surface area contributed by atoms with E-state index in [1.807, 2.05) is 6.92 Å². The van der Waals surface area contributed by atoms with Crippen molar-refractivity contribution in [3.05, 3.63) is 32.2 Å². The molecule has 1 amide bonds. The second kappa shape index (κ2) is 8.43. The first-order chi connectivity index (χ1) is 14.1. The van der Waals surface area contributed by atoms with Crippen molar-refractivity contribution in [3.63, 3.8) is 0 Å². The van der Waals surface area contributed by atoms with Crippen LogP contribution in [-0.4, -0.2) is 74.2 Å². The molecule has 3 rings (SSSR count). The van der Waals surface area contributed by atoms with E-state index in [-0.39, 0.29) is 53.8 Å². The Kier molecular flexibility index (Phi) is 6.29. The van der Waals surface area contributed by atoms with Crippen LogP contribution in [0.2, 0.25) is 0 Å². The molecule has 30 heavy (non-hydrogen) atoms. The molecule has 1 aliphatic rings. The van der Waals surface area contributed by atoms with Crippen LogP contribution in [0, 0.1) is 24.0 Å². The topological polar surface area (TPSA) is 136 Å². The summed E-state index contributed by atoms with van der Waals surface area (Å²) in [5.41, 5.74) is 0.913. The van der Waals surface area contributed by atoms with Gasteiger partial charge in [-0.05, 0) is 41.6 Å². The Morgan fingerprint density at radius 1 is 1.23 bits per heavy atom. The van der Waals surface area contributed by atoms with Crippen LogP contribution in [0.5, 0.6) is 0 Å². The minimum absolute atomic E-state index is 0.159. The molecule has 12 nitrogen and oxygen atoms in total. The third-order valence-corrected chi connectivity index (χ3v) is 7.94. The van der Waals surface area contributed by atoms with E-state index in [1.54, 1.807) is 18.5 Å². The van der Waals surface area contributed by atoms with E-state index in [1.165, 1.54) is 20.1 Å².